The van der Waals surface area contributed by atoms with Gasteiger partial charge in [-0.25, -0.2) is 4.79 Å². The molecule has 116 valence electrons. The molecule has 1 amide bonds. The molecule has 0 saturated carbocycles. The Bertz CT molecular complexity index is 507. The first-order valence-corrected chi connectivity index (χ1v) is 6.97. The molecular formula is C13H17NO7. The Kier molecular flexibility index (Phi) is 2.66. The normalized spacial score (nSPS) is 46.4. The van der Waals surface area contributed by atoms with Crippen LogP contribution >= 0.6 is 0 Å². The monoisotopic (exact) mass is 299 g/mol. The summed E-state index contributed by atoms with van der Waals surface area (Å²) < 4.78 is 28.0. The van der Waals surface area contributed by atoms with Crippen LogP contribution in [-0.2, 0) is 33.3 Å². The molecule has 0 unspecified atom stereocenters. The van der Waals surface area contributed by atoms with Crippen molar-refractivity contribution in [3.05, 3.63) is 0 Å². The van der Waals surface area contributed by atoms with Gasteiger partial charge in [-0.05, 0) is 13.8 Å². The Morgan fingerprint density at radius 3 is 2.67 bits per heavy atom. The van der Waals surface area contributed by atoms with Gasteiger partial charge in [0.25, 0.3) is 0 Å². The lowest BCUT2D eigenvalue weighted by atomic mass is 9.94. The molecule has 0 radical (unpaired) electrons. The number of rotatable bonds is 1. The summed E-state index contributed by atoms with van der Waals surface area (Å²) >= 11 is 0. The summed E-state index contributed by atoms with van der Waals surface area (Å²) in [7, 11) is 1.29. The van der Waals surface area contributed by atoms with Crippen LogP contribution in [0.3, 0.4) is 0 Å². The van der Waals surface area contributed by atoms with Gasteiger partial charge in [0.2, 0.25) is 5.91 Å². The third-order valence-electron chi connectivity index (χ3n) is 4.34. The molecule has 0 aromatic carbocycles. The van der Waals surface area contributed by atoms with E-state index in [1.54, 1.807) is 13.8 Å². The second kappa shape index (κ2) is 4.16. The summed E-state index contributed by atoms with van der Waals surface area (Å²) in [5.74, 6) is -1.40. The zero-order chi connectivity index (χ0) is 14.9. The molecule has 0 aliphatic carbocycles. The van der Waals surface area contributed by atoms with Crippen molar-refractivity contribution in [1.29, 1.82) is 0 Å². The Morgan fingerprint density at radius 1 is 1.24 bits per heavy atom. The molecule has 4 rings (SSSR count). The molecule has 0 spiro atoms. The van der Waals surface area contributed by atoms with Crippen molar-refractivity contribution in [2.45, 2.75) is 62.9 Å². The molecule has 4 heterocycles. The fourth-order valence-corrected chi connectivity index (χ4v) is 3.47. The first kappa shape index (κ1) is 13.4. The first-order chi connectivity index (χ1) is 9.91. The predicted octanol–water partition coefficient (Wildman–Crippen LogP) is -0.638. The maximum Gasteiger partial charge on any atom is 0.331 e. The minimum Gasteiger partial charge on any atom is -0.467 e. The summed E-state index contributed by atoms with van der Waals surface area (Å²) in [6, 6.07) is -0.805. The molecule has 4 saturated heterocycles. The lowest BCUT2D eigenvalue weighted by molar-refractivity contribution is -0.275. The second-order valence-electron chi connectivity index (χ2n) is 6.10. The fraction of sp³-hybridized carbons (Fsp3) is 0.846. The van der Waals surface area contributed by atoms with Crippen LogP contribution in [0.4, 0.5) is 0 Å². The highest BCUT2D eigenvalue weighted by Crippen LogP contribution is 2.45. The lowest BCUT2D eigenvalue weighted by Crippen LogP contribution is -2.71. The first-order valence-electron chi connectivity index (χ1n) is 6.97. The molecule has 8 nitrogen and oxygen atoms in total. The van der Waals surface area contributed by atoms with Crippen molar-refractivity contribution in [2.24, 2.45) is 0 Å². The second-order valence-corrected chi connectivity index (χ2v) is 6.10. The maximum absolute atomic E-state index is 12.1. The van der Waals surface area contributed by atoms with Gasteiger partial charge in [-0.2, -0.15) is 0 Å². The van der Waals surface area contributed by atoms with E-state index in [4.69, 9.17) is 23.7 Å². The van der Waals surface area contributed by atoms with E-state index in [-0.39, 0.29) is 12.3 Å². The van der Waals surface area contributed by atoms with Crippen LogP contribution < -0.4 is 0 Å². The van der Waals surface area contributed by atoms with E-state index >= 15 is 0 Å². The predicted molar refractivity (Wildman–Crippen MR) is 64.6 cm³/mol. The Morgan fingerprint density at radius 2 is 2.00 bits per heavy atom. The number of hydrogen-bond donors (Lipinski definition) is 0. The van der Waals surface area contributed by atoms with E-state index < -0.39 is 48.6 Å². The standard InChI is InChI=1S/C13H17NO7/c1-13(2)20-10-9-8(19-12(10)21-13)7(11(16)17-3)14-5(15)4-6(14)18-9/h6-10,12H,4H2,1-3H3/t6-,7-,8-,9+,10-,12-/m1/s1. The molecule has 0 aromatic rings. The van der Waals surface area contributed by atoms with E-state index in [2.05, 4.69) is 0 Å². The number of hydrogen-bond acceptors (Lipinski definition) is 7. The highest BCUT2D eigenvalue weighted by atomic mass is 16.8. The van der Waals surface area contributed by atoms with Crippen LogP contribution in [0.1, 0.15) is 20.3 Å². The topological polar surface area (TPSA) is 83.5 Å². The van der Waals surface area contributed by atoms with Crippen molar-refractivity contribution in [2.75, 3.05) is 7.11 Å². The van der Waals surface area contributed by atoms with Crippen LogP contribution in [0.2, 0.25) is 0 Å². The molecule has 4 fully saturated rings. The van der Waals surface area contributed by atoms with E-state index in [9.17, 15) is 9.59 Å². The quantitative estimate of drug-likeness (QED) is 0.470. The minimum atomic E-state index is -0.805. The SMILES string of the molecule is COC(=O)[C@H]1[C@H]2O[C@@H]3OC(C)(C)O[C@@H]3[C@H]2O[C@@H]2CC(=O)N21. The highest BCUT2D eigenvalue weighted by Gasteiger charge is 2.65. The molecular weight excluding hydrogens is 282 g/mol. The Hall–Kier alpha value is -1.22. The van der Waals surface area contributed by atoms with E-state index in [1.807, 2.05) is 0 Å². The molecule has 4 aliphatic heterocycles. The van der Waals surface area contributed by atoms with Gasteiger partial charge in [0, 0.05) is 0 Å². The van der Waals surface area contributed by atoms with Gasteiger partial charge in [-0.15, -0.1) is 0 Å². The van der Waals surface area contributed by atoms with Gasteiger partial charge in [0.1, 0.15) is 24.5 Å². The number of ether oxygens (including phenoxy) is 5. The third kappa shape index (κ3) is 1.76. The van der Waals surface area contributed by atoms with E-state index in [0.717, 1.165) is 0 Å². The maximum atomic E-state index is 12.1. The number of carbonyl (C=O) groups is 2. The van der Waals surface area contributed by atoms with Crippen LogP contribution in [0.15, 0.2) is 0 Å². The summed E-state index contributed by atoms with van der Waals surface area (Å²) in [5.41, 5.74) is 0. The number of esters is 1. The van der Waals surface area contributed by atoms with Crippen molar-refractivity contribution in [3.8, 4) is 0 Å². The van der Waals surface area contributed by atoms with E-state index in [0.29, 0.717) is 0 Å². The number of fused-ring (bicyclic) bond motifs is 4. The van der Waals surface area contributed by atoms with Crippen molar-refractivity contribution < 1.29 is 33.3 Å². The van der Waals surface area contributed by atoms with Gasteiger partial charge in [-0.1, -0.05) is 0 Å². The zero-order valence-corrected chi connectivity index (χ0v) is 12.0. The summed E-state index contributed by atoms with van der Waals surface area (Å²) in [5, 5.41) is 0. The van der Waals surface area contributed by atoms with Gasteiger partial charge in [-0.3, -0.25) is 9.69 Å². The average molecular weight is 299 g/mol. The molecule has 0 aromatic heterocycles. The van der Waals surface area contributed by atoms with Crippen molar-refractivity contribution in [3.63, 3.8) is 0 Å². The van der Waals surface area contributed by atoms with Crippen LogP contribution in [0, 0.1) is 0 Å². The van der Waals surface area contributed by atoms with Gasteiger partial charge >= 0.3 is 5.97 Å². The molecule has 6 atom stereocenters. The molecule has 0 bridgehead atoms. The number of amides is 1. The van der Waals surface area contributed by atoms with Crippen molar-refractivity contribution >= 4 is 11.9 Å². The number of β-lactam (4-membered cyclic amide) rings is 1. The zero-order valence-electron chi connectivity index (χ0n) is 12.0. The number of nitrogens with zero attached hydrogens (tertiary/aromatic N) is 1. The summed E-state index contributed by atoms with van der Waals surface area (Å²) in [4.78, 5) is 25.2. The molecule has 0 N–H and O–H groups in total. The third-order valence-corrected chi connectivity index (χ3v) is 4.34. The Labute approximate surface area is 121 Å². The van der Waals surface area contributed by atoms with E-state index in [1.165, 1.54) is 12.0 Å². The largest absolute Gasteiger partial charge is 0.467 e. The smallest absolute Gasteiger partial charge is 0.331 e. The van der Waals surface area contributed by atoms with Gasteiger partial charge in [0.05, 0.1) is 13.5 Å². The Balaban J connectivity index is 1.63. The van der Waals surface area contributed by atoms with Crippen molar-refractivity contribution in [1.82, 2.24) is 4.90 Å². The van der Waals surface area contributed by atoms with Gasteiger partial charge in [0.15, 0.2) is 18.1 Å². The van der Waals surface area contributed by atoms with Crippen LogP contribution in [0.25, 0.3) is 0 Å². The average Bonchev–Trinajstić information content (AvgIpc) is 2.87. The fourth-order valence-electron chi connectivity index (χ4n) is 3.47. The van der Waals surface area contributed by atoms with Gasteiger partial charge < -0.3 is 23.7 Å². The molecule has 8 heteroatoms. The lowest BCUT2D eigenvalue weighted by Gasteiger charge is -2.51. The molecule has 4 aliphatic rings. The number of carbonyl (C=O) groups excluding carboxylic acids is 2. The summed E-state index contributed by atoms with van der Waals surface area (Å²) in [6.45, 7) is 3.59. The molecule has 21 heavy (non-hydrogen) atoms. The minimum absolute atomic E-state index is 0.142. The summed E-state index contributed by atoms with van der Waals surface area (Å²) in [6.07, 6.45) is -2.25. The van der Waals surface area contributed by atoms with Crippen LogP contribution in [0.5, 0.6) is 0 Å². The highest BCUT2D eigenvalue weighted by molar-refractivity contribution is 5.89. The number of methoxy groups -OCH3 is 1. The van der Waals surface area contributed by atoms with Crippen LogP contribution in [-0.4, -0.2) is 66.5 Å².